The Kier molecular flexibility index (Phi) is 6.21. The van der Waals surface area contributed by atoms with Crippen molar-refractivity contribution in [1.82, 2.24) is 0 Å². The van der Waals surface area contributed by atoms with Gasteiger partial charge in [-0.05, 0) is 18.8 Å². The number of ether oxygens (including phenoxy) is 2. The van der Waals surface area contributed by atoms with Gasteiger partial charge in [0.2, 0.25) is 0 Å². The van der Waals surface area contributed by atoms with E-state index in [0.717, 1.165) is 0 Å². The van der Waals surface area contributed by atoms with Gasteiger partial charge in [-0.1, -0.05) is 43.5 Å². The third-order valence-corrected chi connectivity index (χ3v) is 6.12. The number of hydrogen-bond acceptors (Lipinski definition) is 3. The average Bonchev–Trinajstić information content (AvgIpc) is 2.67. The molecule has 1 heterocycles. The lowest BCUT2D eigenvalue weighted by molar-refractivity contribution is -0.152. The molecule has 0 saturated carbocycles. The second-order valence-corrected chi connectivity index (χ2v) is 7.86. The summed E-state index contributed by atoms with van der Waals surface area (Å²) in [5.41, 5.74) is -0.873. The third-order valence-electron chi connectivity index (χ3n) is 3.24. The zero-order chi connectivity index (χ0) is 14.8. The van der Waals surface area contributed by atoms with E-state index in [9.17, 15) is 4.79 Å². The fourth-order valence-electron chi connectivity index (χ4n) is 1.97. The van der Waals surface area contributed by atoms with Gasteiger partial charge in [0.1, 0.15) is 11.7 Å². The molecule has 0 aromatic heterocycles. The summed E-state index contributed by atoms with van der Waals surface area (Å²) in [5.74, 6) is 0.0116. The number of rotatable bonds is 4. The fourth-order valence-corrected chi connectivity index (χ4v) is 3.05. The zero-order valence-corrected chi connectivity index (χ0v) is 15.6. The molecule has 7 heteroatoms. The van der Waals surface area contributed by atoms with Crippen molar-refractivity contribution in [3.8, 4) is 0 Å². The molecule has 0 aliphatic carbocycles. The second kappa shape index (κ2) is 6.65. The summed E-state index contributed by atoms with van der Waals surface area (Å²) in [6.07, 6.45) is -0.126. The van der Waals surface area contributed by atoms with Crippen LogP contribution in [0.5, 0.6) is 0 Å². The van der Waals surface area contributed by atoms with E-state index in [2.05, 4.69) is 31.9 Å². The smallest absolute Gasteiger partial charge is 0.303 e. The quantitative estimate of drug-likeness (QED) is 0.484. The summed E-state index contributed by atoms with van der Waals surface area (Å²) in [7, 11) is 0. The Morgan fingerprint density at radius 2 is 2.26 bits per heavy atom. The maximum atomic E-state index is 11.2. The van der Waals surface area contributed by atoms with Gasteiger partial charge in [0.05, 0.1) is 15.5 Å². The Morgan fingerprint density at radius 1 is 1.68 bits per heavy atom. The van der Waals surface area contributed by atoms with Gasteiger partial charge >= 0.3 is 5.97 Å². The largest absolute Gasteiger partial charge is 0.459 e. The topological polar surface area (TPSA) is 35.5 Å². The van der Waals surface area contributed by atoms with Crippen LogP contribution in [0.15, 0.2) is 10.0 Å². The highest BCUT2D eigenvalue weighted by Crippen LogP contribution is 2.45. The SMILES string of the molecule is CC(=O)O[C@H]1C[C@H](C(C)(Br)CCl)O[C@@]1(C)/C(Cl)=C/Br. The standard InChI is InChI=1S/C12H16Br2Cl2O3/c1-7(17)18-10-4-9(11(2,14)6-15)19-12(10,3)8(16)5-13/h5,9-10H,4,6H2,1-3H3/b8-5-/t9-,10+,11?,12+/m1/s1. The molecule has 19 heavy (non-hydrogen) atoms. The Balaban J connectivity index is 3.04. The predicted octanol–water partition coefficient (Wildman–Crippen LogP) is 4.33. The van der Waals surface area contributed by atoms with Crippen LogP contribution in [0.25, 0.3) is 0 Å². The molecule has 4 atom stereocenters. The van der Waals surface area contributed by atoms with Crippen molar-refractivity contribution in [2.24, 2.45) is 0 Å². The number of halogens is 4. The number of carbonyl (C=O) groups is 1. The van der Waals surface area contributed by atoms with E-state index in [1.165, 1.54) is 6.92 Å². The molecule has 0 radical (unpaired) electrons. The molecule has 1 saturated heterocycles. The number of carbonyl (C=O) groups excluding carboxylic acids is 1. The minimum absolute atomic E-state index is 0.208. The van der Waals surface area contributed by atoms with E-state index < -0.39 is 16.0 Å². The van der Waals surface area contributed by atoms with E-state index in [4.69, 9.17) is 32.7 Å². The van der Waals surface area contributed by atoms with Gasteiger partial charge in [0, 0.05) is 19.2 Å². The third kappa shape index (κ3) is 3.88. The Morgan fingerprint density at radius 3 is 2.68 bits per heavy atom. The molecule has 1 aliphatic rings. The Hall–Kier alpha value is 0.710. The molecule has 1 unspecified atom stereocenters. The van der Waals surface area contributed by atoms with Crippen molar-refractivity contribution in [2.45, 2.75) is 49.3 Å². The van der Waals surface area contributed by atoms with Crippen LogP contribution in [0.4, 0.5) is 0 Å². The van der Waals surface area contributed by atoms with E-state index >= 15 is 0 Å². The van der Waals surface area contributed by atoms with Crippen LogP contribution in [0.3, 0.4) is 0 Å². The van der Waals surface area contributed by atoms with Gasteiger partial charge in [-0.15, -0.1) is 11.6 Å². The van der Waals surface area contributed by atoms with E-state index in [1.807, 2.05) is 6.92 Å². The predicted molar refractivity (Wildman–Crippen MR) is 84.4 cm³/mol. The van der Waals surface area contributed by atoms with Gasteiger partial charge in [-0.2, -0.15) is 0 Å². The molecule has 0 aromatic rings. The van der Waals surface area contributed by atoms with Gasteiger partial charge in [-0.25, -0.2) is 0 Å². The first-order valence-electron chi connectivity index (χ1n) is 5.73. The molecule has 110 valence electrons. The number of alkyl halides is 2. The molecular formula is C12H16Br2Cl2O3. The number of esters is 1. The first-order valence-corrected chi connectivity index (χ1v) is 8.35. The van der Waals surface area contributed by atoms with Crippen molar-refractivity contribution < 1.29 is 14.3 Å². The van der Waals surface area contributed by atoms with Gasteiger partial charge in [0.15, 0.2) is 0 Å². The first kappa shape index (κ1) is 17.8. The second-order valence-electron chi connectivity index (χ2n) is 4.92. The molecule has 1 fully saturated rings. The van der Waals surface area contributed by atoms with Crippen LogP contribution in [0.2, 0.25) is 0 Å². The van der Waals surface area contributed by atoms with Crippen LogP contribution in [0, 0.1) is 0 Å². The lowest BCUT2D eigenvalue weighted by atomic mass is 9.96. The maximum absolute atomic E-state index is 11.2. The zero-order valence-electron chi connectivity index (χ0n) is 10.9. The Labute approximate surface area is 140 Å². The minimum atomic E-state index is -0.873. The normalized spacial score (nSPS) is 35.0. The average molecular weight is 439 g/mol. The van der Waals surface area contributed by atoms with Crippen LogP contribution >= 0.6 is 55.1 Å². The molecule has 1 aliphatic heterocycles. The molecule has 0 aromatic carbocycles. The first-order chi connectivity index (χ1) is 8.67. The molecule has 3 nitrogen and oxygen atoms in total. The molecule has 0 N–H and O–H groups in total. The van der Waals surface area contributed by atoms with E-state index in [0.29, 0.717) is 17.3 Å². The minimum Gasteiger partial charge on any atom is -0.459 e. The van der Waals surface area contributed by atoms with Gasteiger partial charge < -0.3 is 9.47 Å². The van der Waals surface area contributed by atoms with Crippen LogP contribution in [0.1, 0.15) is 27.2 Å². The van der Waals surface area contributed by atoms with Crippen molar-refractivity contribution in [2.75, 3.05) is 5.88 Å². The van der Waals surface area contributed by atoms with Crippen LogP contribution in [-0.4, -0.2) is 34.0 Å². The summed E-state index contributed by atoms with van der Waals surface area (Å²) in [5, 5.41) is 0.444. The lowest BCUT2D eigenvalue weighted by Crippen LogP contribution is -2.40. The summed E-state index contributed by atoms with van der Waals surface area (Å²) < 4.78 is 11.0. The molecule has 0 amide bonds. The highest BCUT2D eigenvalue weighted by Gasteiger charge is 2.53. The summed E-state index contributed by atoms with van der Waals surface area (Å²) in [6.45, 7) is 5.11. The molecule has 0 bridgehead atoms. The van der Waals surface area contributed by atoms with Gasteiger partial charge in [-0.3, -0.25) is 4.79 Å². The summed E-state index contributed by atoms with van der Waals surface area (Å²) >= 11 is 18.9. The highest BCUT2D eigenvalue weighted by atomic mass is 79.9. The maximum Gasteiger partial charge on any atom is 0.303 e. The van der Waals surface area contributed by atoms with E-state index in [-0.39, 0.29) is 12.1 Å². The van der Waals surface area contributed by atoms with Crippen molar-refractivity contribution in [3.63, 3.8) is 0 Å². The molecule has 0 spiro atoms. The van der Waals surface area contributed by atoms with Crippen LogP contribution < -0.4 is 0 Å². The van der Waals surface area contributed by atoms with Crippen molar-refractivity contribution in [3.05, 3.63) is 10.0 Å². The van der Waals surface area contributed by atoms with Crippen molar-refractivity contribution >= 4 is 61.0 Å². The van der Waals surface area contributed by atoms with Gasteiger partial charge in [0.25, 0.3) is 0 Å². The molecule has 1 rings (SSSR count). The summed E-state index contributed by atoms with van der Waals surface area (Å²) in [6, 6.07) is 0. The van der Waals surface area contributed by atoms with E-state index in [1.54, 1.807) is 11.9 Å². The molecular weight excluding hydrogens is 423 g/mol. The monoisotopic (exact) mass is 436 g/mol. The fraction of sp³-hybridized carbons (Fsp3) is 0.750. The van der Waals surface area contributed by atoms with Crippen molar-refractivity contribution in [1.29, 1.82) is 0 Å². The Bertz CT molecular complexity index is 387. The summed E-state index contributed by atoms with van der Waals surface area (Å²) in [4.78, 5) is 12.8. The lowest BCUT2D eigenvalue weighted by Gasteiger charge is -2.31. The number of hydrogen-bond donors (Lipinski definition) is 0. The van der Waals surface area contributed by atoms with Crippen LogP contribution in [-0.2, 0) is 14.3 Å². The highest BCUT2D eigenvalue weighted by molar-refractivity contribution is 9.11.